The summed E-state index contributed by atoms with van der Waals surface area (Å²) in [5, 5.41) is 3.89. The molecule has 2 aromatic heterocycles. The molecule has 6 nitrogen and oxygen atoms in total. The number of nitrogen functional groups attached to an aromatic ring is 1. The predicted molar refractivity (Wildman–Crippen MR) is 62.0 cm³/mol. The molecule has 0 aromatic carbocycles. The number of pyridine rings is 1. The van der Waals surface area contributed by atoms with Gasteiger partial charge in [-0.05, 0) is 26.0 Å². The highest BCUT2D eigenvalue weighted by Gasteiger charge is 2.26. The molecule has 0 fully saturated rings. The average molecular weight is 234 g/mol. The van der Waals surface area contributed by atoms with Gasteiger partial charge < -0.3 is 15.0 Å². The van der Waals surface area contributed by atoms with Gasteiger partial charge in [-0.2, -0.15) is 4.98 Å². The molecule has 2 rings (SSSR count). The lowest BCUT2D eigenvalue weighted by atomic mass is 10.1. The monoisotopic (exact) mass is 234 g/mol. The Kier molecular flexibility index (Phi) is 2.81. The van der Waals surface area contributed by atoms with Gasteiger partial charge in [-0.15, -0.1) is 0 Å². The first-order valence-electron chi connectivity index (χ1n) is 5.14. The van der Waals surface area contributed by atoms with Crippen molar-refractivity contribution in [1.29, 1.82) is 0 Å². The first kappa shape index (κ1) is 11.5. The highest BCUT2D eigenvalue weighted by Crippen LogP contribution is 2.24. The lowest BCUT2D eigenvalue weighted by Gasteiger charge is -2.17. The number of nitrogens with two attached hydrogens (primary N) is 1. The fourth-order valence-corrected chi connectivity index (χ4v) is 1.21. The van der Waals surface area contributed by atoms with Crippen molar-refractivity contribution in [2.75, 3.05) is 12.8 Å². The van der Waals surface area contributed by atoms with Gasteiger partial charge in [0.05, 0.1) is 5.56 Å². The third kappa shape index (κ3) is 2.26. The van der Waals surface area contributed by atoms with E-state index in [-0.39, 0.29) is 0 Å². The number of nitrogens with zero attached hydrogens (tertiary/aromatic N) is 3. The maximum Gasteiger partial charge on any atom is 0.259 e. The van der Waals surface area contributed by atoms with E-state index in [1.807, 2.05) is 13.8 Å². The van der Waals surface area contributed by atoms with E-state index >= 15 is 0 Å². The van der Waals surface area contributed by atoms with Crippen molar-refractivity contribution in [2.24, 2.45) is 0 Å². The van der Waals surface area contributed by atoms with E-state index in [9.17, 15) is 0 Å². The third-order valence-electron chi connectivity index (χ3n) is 2.51. The van der Waals surface area contributed by atoms with Crippen LogP contribution in [0.5, 0.6) is 0 Å². The Hall–Kier alpha value is -1.95. The smallest absolute Gasteiger partial charge is 0.259 e. The van der Waals surface area contributed by atoms with Gasteiger partial charge in [0.2, 0.25) is 5.82 Å². The van der Waals surface area contributed by atoms with E-state index in [4.69, 9.17) is 15.0 Å². The number of hydrogen-bond acceptors (Lipinski definition) is 6. The molecule has 0 bridgehead atoms. The van der Waals surface area contributed by atoms with Crippen molar-refractivity contribution >= 4 is 5.82 Å². The Balaban J connectivity index is 2.33. The van der Waals surface area contributed by atoms with Crippen LogP contribution in [-0.2, 0) is 10.3 Å². The fourth-order valence-electron chi connectivity index (χ4n) is 1.21. The summed E-state index contributed by atoms with van der Waals surface area (Å²) in [7, 11) is 1.60. The molecular formula is C11H14N4O2. The molecule has 0 saturated carbocycles. The summed E-state index contributed by atoms with van der Waals surface area (Å²) in [6, 6.07) is 3.46. The molecule has 0 amide bonds. The molecule has 0 aliphatic rings. The van der Waals surface area contributed by atoms with E-state index in [1.165, 1.54) is 0 Å². The van der Waals surface area contributed by atoms with Gasteiger partial charge in [0.25, 0.3) is 5.89 Å². The molecule has 2 heterocycles. The van der Waals surface area contributed by atoms with Gasteiger partial charge in [0.1, 0.15) is 11.4 Å². The molecule has 2 N–H and O–H groups in total. The number of rotatable bonds is 3. The molecule has 17 heavy (non-hydrogen) atoms. The number of ether oxygens (including phenoxy) is 1. The Bertz CT molecular complexity index is 504. The van der Waals surface area contributed by atoms with Crippen molar-refractivity contribution in [3.63, 3.8) is 0 Å². The maximum atomic E-state index is 5.50. The van der Waals surface area contributed by atoms with Gasteiger partial charge in [0.15, 0.2) is 0 Å². The Morgan fingerprint density at radius 1 is 1.35 bits per heavy atom. The zero-order chi connectivity index (χ0) is 12.5. The molecule has 0 unspecified atom stereocenters. The lowest BCUT2D eigenvalue weighted by molar-refractivity contribution is 0.00973. The molecule has 0 saturated heterocycles. The SMILES string of the molecule is COC(C)(C)c1noc(-c2ccc(N)nc2)n1. The first-order valence-corrected chi connectivity index (χ1v) is 5.14. The second-order valence-electron chi connectivity index (χ2n) is 4.11. The van der Waals surface area contributed by atoms with E-state index in [0.717, 1.165) is 5.56 Å². The number of hydrogen-bond donors (Lipinski definition) is 1. The molecule has 0 atom stereocenters. The number of anilines is 1. The van der Waals surface area contributed by atoms with Crippen molar-refractivity contribution in [1.82, 2.24) is 15.1 Å². The van der Waals surface area contributed by atoms with E-state index in [1.54, 1.807) is 25.4 Å². The van der Waals surface area contributed by atoms with Crippen molar-refractivity contribution in [2.45, 2.75) is 19.4 Å². The van der Waals surface area contributed by atoms with Crippen LogP contribution in [-0.4, -0.2) is 22.2 Å². The topological polar surface area (TPSA) is 87.1 Å². The zero-order valence-corrected chi connectivity index (χ0v) is 9.97. The van der Waals surface area contributed by atoms with Crippen LogP contribution in [0.25, 0.3) is 11.5 Å². The van der Waals surface area contributed by atoms with Gasteiger partial charge in [-0.3, -0.25) is 0 Å². The Labute approximate surface area is 98.8 Å². The number of methoxy groups -OCH3 is 1. The fraction of sp³-hybridized carbons (Fsp3) is 0.364. The quantitative estimate of drug-likeness (QED) is 0.867. The molecule has 0 spiro atoms. The summed E-state index contributed by atoms with van der Waals surface area (Å²) < 4.78 is 10.4. The summed E-state index contributed by atoms with van der Waals surface area (Å²) in [4.78, 5) is 8.23. The first-order chi connectivity index (χ1) is 8.03. The minimum Gasteiger partial charge on any atom is -0.384 e. The average Bonchev–Trinajstić information content (AvgIpc) is 2.80. The van der Waals surface area contributed by atoms with Crippen LogP contribution < -0.4 is 5.73 Å². The molecule has 90 valence electrons. The van der Waals surface area contributed by atoms with Crippen LogP contribution >= 0.6 is 0 Å². The lowest BCUT2D eigenvalue weighted by Crippen LogP contribution is -2.21. The molecule has 2 aromatic rings. The molecular weight excluding hydrogens is 220 g/mol. The highest BCUT2D eigenvalue weighted by atomic mass is 16.5. The van der Waals surface area contributed by atoms with E-state index in [2.05, 4.69) is 15.1 Å². The Morgan fingerprint density at radius 2 is 2.12 bits per heavy atom. The highest BCUT2D eigenvalue weighted by molar-refractivity contribution is 5.53. The largest absolute Gasteiger partial charge is 0.384 e. The van der Waals surface area contributed by atoms with Crippen LogP contribution in [0.3, 0.4) is 0 Å². The standard InChI is InChI=1S/C11H14N4O2/c1-11(2,16-3)10-14-9(17-15-10)7-4-5-8(12)13-6-7/h4-6H,1-3H3,(H2,12,13). The summed E-state index contributed by atoms with van der Waals surface area (Å²) in [6.45, 7) is 3.73. The van der Waals surface area contributed by atoms with Crippen LogP contribution in [0.1, 0.15) is 19.7 Å². The predicted octanol–water partition coefficient (Wildman–Crippen LogP) is 1.60. The minimum absolute atomic E-state index is 0.401. The second kappa shape index (κ2) is 4.14. The van der Waals surface area contributed by atoms with Gasteiger partial charge in [-0.25, -0.2) is 4.98 Å². The normalized spacial score (nSPS) is 11.7. The van der Waals surface area contributed by atoms with Crippen LogP contribution in [0, 0.1) is 0 Å². The molecule has 6 heteroatoms. The Morgan fingerprint density at radius 3 is 2.71 bits per heavy atom. The van der Waals surface area contributed by atoms with Gasteiger partial charge >= 0.3 is 0 Å². The van der Waals surface area contributed by atoms with Crippen molar-refractivity contribution in [3.8, 4) is 11.5 Å². The summed E-state index contributed by atoms with van der Waals surface area (Å²) in [5.74, 6) is 1.34. The second-order valence-corrected chi connectivity index (χ2v) is 4.11. The van der Waals surface area contributed by atoms with E-state index in [0.29, 0.717) is 17.5 Å². The van der Waals surface area contributed by atoms with Crippen molar-refractivity contribution in [3.05, 3.63) is 24.2 Å². The summed E-state index contributed by atoms with van der Waals surface area (Å²) >= 11 is 0. The summed E-state index contributed by atoms with van der Waals surface area (Å²) in [5.41, 5.74) is 5.65. The van der Waals surface area contributed by atoms with E-state index < -0.39 is 5.60 Å². The van der Waals surface area contributed by atoms with Crippen LogP contribution in [0.4, 0.5) is 5.82 Å². The van der Waals surface area contributed by atoms with Crippen molar-refractivity contribution < 1.29 is 9.26 Å². The third-order valence-corrected chi connectivity index (χ3v) is 2.51. The van der Waals surface area contributed by atoms with Crippen LogP contribution in [0.15, 0.2) is 22.9 Å². The number of aromatic nitrogens is 3. The maximum absolute atomic E-state index is 5.50. The zero-order valence-electron chi connectivity index (χ0n) is 9.97. The molecule has 0 aliphatic heterocycles. The van der Waals surface area contributed by atoms with Gasteiger partial charge in [0, 0.05) is 13.3 Å². The molecule has 0 aliphatic carbocycles. The van der Waals surface area contributed by atoms with Crippen LogP contribution in [0.2, 0.25) is 0 Å². The molecule has 0 radical (unpaired) electrons. The van der Waals surface area contributed by atoms with Gasteiger partial charge in [-0.1, -0.05) is 5.16 Å². The summed E-state index contributed by atoms with van der Waals surface area (Å²) in [6.07, 6.45) is 1.59. The minimum atomic E-state index is -0.580.